The molecule has 4 aromatic rings. The topological polar surface area (TPSA) is 97.0 Å². The minimum Gasteiger partial charge on any atom is -0.493 e. The number of amides is 3. The second-order valence-corrected chi connectivity index (χ2v) is 11.4. The number of hydrogen-bond donors (Lipinski definition) is 2. The number of rotatable bonds is 12. The lowest BCUT2D eigenvalue weighted by atomic mass is 10.1. The Balaban J connectivity index is 1.19. The maximum Gasteiger partial charge on any atom is 0.255 e. The van der Waals surface area contributed by atoms with Crippen LogP contribution in [0.15, 0.2) is 97.1 Å². The molecule has 44 heavy (non-hydrogen) atoms. The summed E-state index contributed by atoms with van der Waals surface area (Å²) in [5.74, 6) is 1.24. The van der Waals surface area contributed by atoms with Gasteiger partial charge in [-0.3, -0.25) is 14.4 Å². The van der Waals surface area contributed by atoms with Gasteiger partial charge in [0.1, 0.15) is 5.37 Å². The molecule has 226 valence electrons. The summed E-state index contributed by atoms with van der Waals surface area (Å²) in [4.78, 5) is 40.8. The van der Waals surface area contributed by atoms with Crippen molar-refractivity contribution in [3.05, 3.63) is 125 Å². The largest absolute Gasteiger partial charge is 0.493 e. The van der Waals surface area contributed by atoms with Crippen LogP contribution in [0.5, 0.6) is 11.5 Å². The van der Waals surface area contributed by atoms with Crippen LogP contribution in [0.1, 0.15) is 42.8 Å². The van der Waals surface area contributed by atoms with Crippen LogP contribution >= 0.6 is 11.8 Å². The number of hydrogen-bond acceptors (Lipinski definition) is 6. The van der Waals surface area contributed by atoms with Crippen molar-refractivity contribution in [3.8, 4) is 11.5 Å². The summed E-state index contributed by atoms with van der Waals surface area (Å²) in [5.41, 5.74) is 4.42. The predicted octanol–water partition coefficient (Wildman–Crippen LogP) is 5.75. The lowest BCUT2D eigenvalue weighted by Crippen LogP contribution is -2.30. The van der Waals surface area contributed by atoms with Crippen LogP contribution in [-0.4, -0.2) is 55.7 Å². The first-order valence-electron chi connectivity index (χ1n) is 14.4. The Hall–Kier alpha value is -4.76. The third kappa shape index (κ3) is 7.41. The van der Waals surface area contributed by atoms with E-state index in [4.69, 9.17) is 9.47 Å². The zero-order chi connectivity index (χ0) is 30.9. The lowest BCUT2D eigenvalue weighted by molar-refractivity contribution is -0.128. The fraction of sp³-hybridized carbons (Fsp3) is 0.229. The van der Waals surface area contributed by atoms with Crippen LogP contribution in [0.4, 0.5) is 5.69 Å². The number of anilines is 1. The van der Waals surface area contributed by atoms with Gasteiger partial charge in [-0.05, 0) is 65.9 Å². The quantitative estimate of drug-likeness (QED) is 0.213. The van der Waals surface area contributed by atoms with Crippen molar-refractivity contribution in [2.45, 2.75) is 18.2 Å². The number of thioether (sulfide) groups is 1. The molecule has 1 aliphatic rings. The van der Waals surface area contributed by atoms with Crippen molar-refractivity contribution in [1.29, 1.82) is 0 Å². The summed E-state index contributed by atoms with van der Waals surface area (Å²) in [6, 6.07) is 30.0. The fourth-order valence-electron chi connectivity index (χ4n) is 5.10. The van der Waals surface area contributed by atoms with Gasteiger partial charge < -0.3 is 25.0 Å². The second-order valence-electron chi connectivity index (χ2n) is 10.3. The summed E-state index contributed by atoms with van der Waals surface area (Å²) < 4.78 is 10.6. The highest BCUT2D eigenvalue weighted by Gasteiger charge is 2.32. The molecular weight excluding hydrogens is 574 g/mol. The van der Waals surface area contributed by atoms with Crippen LogP contribution in [0, 0.1) is 0 Å². The smallest absolute Gasteiger partial charge is 0.255 e. The lowest BCUT2D eigenvalue weighted by Gasteiger charge is -2.24. The molecule has 1 aliphatic heterocycles. The average molecular weight is 610 g/mol. The van der Waals surface area contributed by atoms with Gasteiger partial charge in [0.05, 0.1) is 31.2 Å². The van der Waals surface area contributed by atoms with Crippen LogP contribution in [0.25, 0.3) is 0 Å². The number of carbonyl (C=O) groups is 3. The van der Waals surface area contributed by atoms with Gasteiger partial charge in [-0.1, -0.05) is 60.7 Å². The minimum atomic E-state index is -0.321. The molecule has 0 radical (unpaired) electrons. The molecule has 0 saturated carbocycles. The molecule has 8 nitrogen and oxygen atoms in total. The molecule has 5 rings (SSSR count). The Morgan fingerprint density at radius 3 is 2.30 bits per heavy atom. The van der Waals surface area contributed by atoms with Crippen LogP contribution in [-0.2, 0) is 17.6 Å². The third-order valence-electron chi connectivity index (χ3n) is 7.48. The Morgan fingerprint density at radius 1 is 0.818 bits per heavy atom. The summed E-state index contributed by atoms with van der Waals surface area (Å²) in [6.07, 6.45) is 1.38. The van der Waals surface area contributed by atoms with Crippen molar-refractivity contribution >= 4 is 35.2 Å². The molecule has 3 amide bonds. The van der Waals surface area contributed by atoms with E-state index in [9.17, 15) is 14.4 Å². The number of para-hydroxylation sites is 1. The van der Waals surface area contributed by atoms with Gasteiger partial charge in [0.15, 0.2) is 11.5 Å². The molecule has 9 heteroatoms. The van der Waals surface area contributed by atoms with E-state index in [1.54, 1.807) is 62.4 Å². The molecule has 1 atom stereocenters. The summed E-state index contributed by atoms with van der Waals surface area (Å²) in [7, 11) is 3.17. The molecule has 1 saturated heterocycles. The highest BCUT2D eigenvalue weighted by Crippen LogP contribution is 2.38. The van der Waals surface area contributed by atoms with Gasteiger partial charge in [-0.2, -0.15) is 0 Å². The van der Waals surface area contributed by atoms with Gasteiger partial charge in [0, 0.05) is 18.7 Å². The van der Waals surface area contributed by atoms with E-state index in [-0.39, 0.29) is 23.1 Å². The fourth-order valence-corrected chi connectivity index (χ4v) is 6.32. The molecule has 0 aliphatic carbocycles. The Labute approximate surface area is 261 Å². The number of nitrogens with zero attached hydrogens (tertiary/aromatic N) is 1. The van der Waals surface area contributed by atoms with E-state index in [0.717, 1.165) is 17.5 Å². The number of ether oxygens (including phenoxy) is 2. The molecule has 4 aromatic carbocycles. The molecule has 0 aromatic heterocycles. The number of carbonyl (C=O) groups excluding carboxylic acids is 3. The van der Waals surface area contributed by atoms with Crippen LogP contribution < -0.4 is 20.1 Å². The third-order valence-corrected chi connectivity index (χ3v) is 8.73. The van der Waals surface area contributed by atoms with Gasteiger partial charge in [-0.15, -0.1) is 11.8 Å². The second kappa shape index (κ2) is 14.6. The number of benzene rings is 4. The van der Waals surface area contributed by atoms with E-state index in [2.05, 4.69) is 22.8 Å². The standard InChI is InChI=1S/C35H35N3O5S/c1-42-30-17-12-25(22-31(30)43-2)18-20-36-34(41)28-10-6-7-11-29(28)37-33(40)26-13-15-27(16-14-26)35-38(32(39)23-44-35)21-19-24-8-4-3-5-9-24/h3-17,22,35H,18-21,23H2,1-2H3,(H,36,41)(H,37,40)/t35-/m0/s1. The normalized spacial score (nSPS) is 14.3. The van der Waals surface area contributed by atoms with E-state index < -0.39 is 0 Å². The molecule has 0 bridgehead atoms. The SMILES string of the molecule is COc1ccc(CCNC(=O)c2ccccc2NC(=O)c2ccc([C@@H]3SCC(=O)N3CCc3ccccc3)cc2)cc1OC. The van der Waals surface area contributed by atoms with Crippen molar-refractivity contribution in [1.82, 2.24) is 10.2 Å². The summed E-state index contributed by atoms with van der Waals surface area (Å²) >= 11 is 1.60. The molecule has 0 spiro atoms. The maximum atomic E-state index is 13.2. The Morgan fingerprint density at radius 2 is 1.55 bits per heavy atom. The van der Waals surface area contributed by atoms with Gasteiger partial charge in [-0.25, -0.2) is 0 Å². The number of nitrogens with one attached hydrogen (secondary N) is 2. The zero-order valence-electron chi connectivity index (χ0n) is 24.7. The van der Waals surface area contributed by atoms with Crippen LogP contribution in [0.3, 0.4) is 0 Å². The molecule has 1 heterocycles. The first kappa shape index (κ1) is 30.7. The Bertz CT molecular complexity index is 1610. The van der Waals surface area contributed by atoms with E-state index in [1.807, 2.05) is 53.4 Å². The zero-order valence-corrected chi connectivity index (χ0v) is 25.6. The van der Waals surface area contributed by atoms with Crippen molar-refractivity contribution in [3.63, 3.8) is 0 Å². The van der Waals surface area contributed by atoms with E-state index in [0.29, 0.717) is 53.6 Å². The predicted molar refractivity (Wildman–Crippen MR) is 173 cm³/mol. The van der Waals surface area contributed by atoms with Gasteiger partial charge >= 0.3 is 0 Å². The molecule has 2 N–H and O–H groups in total. The minimum absolute atomic E-state index is 0.0910. The number of methoxy groups -OCH3 is 2. The van der Waals surface area contributed by atoms with Crippen molar-refractivity contribution in [2.75, 3.05) is 38.4 Å². The first-order chi connectivity index (χ1) is 21.5. The van der Waals surface area contributed by atoms with E-state index in [1.165, 1.54) is 5.56 Å². The highest BCUT2D eigenvalue weighted by molar-refractivity contribution is 8.00. The monoisotopic (exact) mass is 609 g/mol. The highest BCUT2D eigenvalue weighted by atomic mass is 32.2. The van der Waals surface area contributed by atoms with Crippen molar-refractivity contribution in [2.24, 2.45) is 0 Å². The molecule has 1 fully saturated rings. The van der Waals surface area contributed by atoms with E-state index >= 15 is 0 Å². The molecule has 0 unspecified atom stereocenters. The Kier molecular flexibility index (Phi) is 10.2. The maximum absolute atomic E-state index is 13.2. The summed E-state index contributed by atoms with van der Waals surface area (Å²) in [6.45, 7) is 1.04. The van der Waals surface area contributed by atoms with Gasteiger partial charge in [0.25, 0.3) is 11.8 Å². The van der Waals surface area contributed by atoms with Gasteiger partial charge in [0.2, 0.25) is 5.91 Å². The molecular formula is C35H35N3O5S. The summed E-state index contributed by atoms with van der Waals surface area (Å²) in [5, 5.41) is 5.73. The van der Waals surface area contributed by atoms with Crippen molar-refractivity contribution < 1.29 is 23.9 Å². The van der Waals surface area contributed by atoms with Crippen LogP contribution in [0.2, 0.25) is 0 Å². The average Bonchev–Trinajstić information content (AvgIpc) is 3.44. The first-order valence-corrected chi connectivity index (χ1v) is 15.5.